The van der Waals surface area contributed by atoms with Crippen LogP contribution in [0.3, 0.4) is 0 Å². The number of hydrogen-bond acceptors (Lipinski definition) is 2. The second kappa shape index (κ2) is 6.36. The Hall–Kier alpha value is -1.12. The van der Waals surface area contributed by atoms with Crippen LogP contribution in [0.1, 0.15) is 32.3 Å². The van der Waals surface area contributed by atoms with Gasteiger partial charge in [-0.2, -0.15) is 0 Å². The molecule has 0 spiro atoms. The molecule has 1 unspecified atom stereocenters. The average molecular weight is 277 g/mol. The highest BCUT2D eigenvalue weighted by atomic mass is 35.5. The zero-order valence-corrected chi connectivity index (χ0v) is 12.4. The summed E-state index contributed by atoms with van der Waals surface area (Å²) in [6.07, 6.45) is 3.89. The Balaban J connectivity index is 2.09. The fourth-order valence-corrected chi connectivity index (χ4v) is 2.57. The van der Waals surface area contributed by atoms with Crippen molar-refractivity contribution in [2.24, 2.45) is 0 Å². The third-order valence-corrected chi connectivity index (χ3v) is 4.00. The molecule has 0 aliphatic rings. The number of halogens is 1. The molecule has 3 heteroatoms. The lowest BCUT2D eigenvalue weighted by molar-refractivity contribution is 0.331. The highest BCUT2D eigenvalue weighted by molar-refractivity contribution is 6.17. The molecule has 0 aliphatic carbocycles. The van der Waals surface area contributed by atoms with Crippen molar-refractivity contribution in [3.63, 3.8) is 0 Å². The van der Waals surface area contributed by atoms with E-state index in [1.807, 2.05) is 12.3 Å². The Morgan fingerprint density at radius 3 is 2.89 bits per heavy atom. The fraction of sp³-hybridized carbons (Fsp3) is 0.438. The Labute approximate surface area is 120 Å². The first kappa shape index (κ1) is 14.3. The Morgan fingerprint density at radius 2 is 2.16 bits per heavy atom. The summed E-state index contributed by atoms with van der Waals surface area (Å²) in [7, 11) is 0. The topological polar surface area (TPSA) is 24.9 Å². The van der Waals surface area contributed by atoms with Crippen LogP contribution in [0.5, 0.6) is 0 Å². The minimum absolute atomic E-state index is 0.117. The minimum Gasteiger partial charge on any atom is -0.307 e. The number of fused-ring (bicyclic) bond motifs is 1. The quantitative estimate of drug-likeness (QED) is 0.803. The number of hydrogen-bond donors (Lipinski definition) is 1. The molecule has 1 N–H and O–H groups in total. The minimum atomic E-state index is 0.117. The first-order valence-corrected chi connectivity index (χ1v) is 7.35. The molecule has 0 saturated carbocycles. The van der Waals surface area contributed by atoms with Gasteiger partial charge in [-0.1, -0.05) is 19.1 Å². The van der Waals surface area contributed by atoms with Crippen molar-refractivity contribution in [1.82, 2.24) is 10.3 Å². The molecule has 102 valence electrons. The average Bonchev–Trinajstić information content (AvgIpc) is 2.45. The summed E-state index contributed by atoms with van der Waals surface area (Å²) in [6, 6.07) is 10.5. The van der Waals surface area contributed by atoms with Crippen LogP contribution in [-0.2, 0) is 6.54 Å². The summed E-state index contributed by atoms with van der Waals surface area (Å²) in [5, 5.41) is 4.81. The van der Waals surface area contributed by atoms with Gasteiger partial charge >= 0.3 is 0 Å². The van der Waals surface area contributed by atoms with Crippen molar-refractivity contribution in [1.29, 1.82) is 0 Å². The van der Waals surface area contributed by atoms with Gasteiger partial charge in [-0.15, -0.1) is 11.6 Å². The van der Waals surface area contributed by atoms with Gasteiger partial charge in [-0.25, -0.2) is 0 Å². The van der Waals surface area contributed by atoms with Gasteiger partial charge in [0, 0.05) is 29.5 Å². The summed E-state index contributed by atoms with van der Waals surface area (Å²) >= 11 is 5.88. The predicted octanol–water partition coefficient (Wildman–Crippen LogP) is 4.12. The first-order valence-electron chi connectivity index (χ1n) is 6.81. The van der Waals surface area contributed by atoms with E-state index < -0.39 is 0 Å². The number of nitrogens with zero attached hydrogens (tertiary/aromatic N) is 1. The number of alkyl halides is 1. The van der Waals surface area contributed by atoms with E-state index in [-0.39, 0.29) is 5.54 Å². The lowest BCUT2D eigenvalue weighted by Gasteiger charge is -2.29. The fourth-order valence-electron chi connectivity index (χ4n) is 2.15. The number of nitrogens with one attached hydrogen (secondary N) is 1. The van der Waals surface area contributed by atoms with Crippen molar-refractivity contribution in [2.75, 3.05) is 5.88 Å². The highest BCUT2D eigenvalue weighted by Gasteiger charge is 2.20. The van der Waals surface area contributed by atoms with Gasteiger partial charge in [0.15, 0.2) is 0 Å². The van der Waals surface area contributed by atoms with Crippen molar-refractivity contribution in [2.45, 2.75) is 38.8 Å². The maximum Gasteiger partial charge on any atom is 0.0702 e. The van der Waals surface area contributed by atoms with Crippen LogP contribution < -0.4 is 5.32 Å². The van der Waals surface area contributed by atoms with Crippen LogP contribution in [0.25, 0.3) is 10.9 Å². The van der Waals surface area contributed by atoms with E-state index in [2.05, 4.69) is 48.4 Å². The molecule has 0 radical (unpaired) electrons. The van der Waals surface area contributed by atoms with Crippen LogP contribution >= 0.6 is 11.6 Å². The summed E-state index contributed by atoms with van der Waals surface area (Å²) in [6.45, 7) is 5.30. The number of aromatic nitrogens is 1. The van der Waals surface area contributed by atoms with Gasteiger partial charge in [0.2, 0.25) is 0 Å². The van der Waals surface area contributed by atoms with E-state index in [1.165, 1.54) is 10.9 Å². The van der Waals surface area contributed by atoms with E-state index >= 15 is 0 Å². The molecular formula is C16H21ClN2. The SMILES string of the molecule is CCC(C)(CCCl)NCc1ccc2ncccc2c1. The van der Waals surface area contributed by atoms with E-state index in [4.69, 9.17) is 11.6 Å². The lowest BCUT2D eigenvalue weighted by Crippen LogP contribution is -2.41. The number of rotatable bonds is 6. The molecule has 1 heterocycles. The smallest absolute Gasteiger partial charge is 0.0702 e. The van der Waals surface area contributed by atoms with Gasteiger partial charge in [-0.05, 0) is 43.5 Å². The summed E-state index contributed by atoms with van der Waals surface area (Å²) in [5.74, 6) is 0.693. The van der Waals surface area contributed by atoms with Crippen molar-refractivity contribution in [3.8, 4) is 0 Å². The largest absolute Gasteiger partial charge is 0.307 e. The van der Waals surface area contributed by atoms with Crippen molar-refractivity contribution >= 4 is 22.5 Å². The standard InChI is InChI=1S/C16H21ClN2/c1-3-16(2,8-9-17)19-12-13-6-7-15-14(11-13)5-4-10-18-15/h4-7,10-11,19H,3,8-9,12H2,1-2H3. The monoisotopic (exact) mass is 276 g/mol. The van der Waals surface area contributed by atoms with Crippen LogP contribution in [0.4, 0.5) is 0 Å². The molecule has 0 saturated heterocycles. The Morgan fingerprint density at radius 1 is 1.32 bits per heavy atom. The summed E-state index contributed by atoms with van der Waals surface area (Å²) in [5.41, 5.74) is 2.45. The van der Waals surface area contributed by atoms with Gasteiger partial charge in [0.25, 0.3) is 0 Å². The molecule has 1 aromatic carbocycles. The Kier molecular flexibility index (Phi) is 4.78. The lowest BCUT2D eigenvalue weighted by atomic mass is 9.95. The van der Waals surface area contributed by atoms with E-state index in [0.717, 1.165) is 24.9 Å². The molecule has 0 aliphatic heterocycles. The van der Waals surface area contributed by atoms with Crippen LogP contribution in [0, 0.1) is 0 Å². The third kappa shape index (κ3) is 3.68. The molecular weight excluding hydrogens is 256 g/mol. The normalized spacial score (nSPS) is 14.5. The first-order chi connectivity index (χ1) is 9.17. The van der Waals surface area contributed by atoms with Gasteiger partial charge < -0.3 is 5.32 Å². The van der Waals surface area contributed by atoms with Crippen LogP contribution in [-0.4, -0.2) is 16.4 Å². The number of pyridine rings is 1. The molecule has 2 aromatic rings. The van der Waals surface area contributed by atoms with Gasteiger partial charge in [0.05, 0.1) is 5.52 Å². The maximum absolute atomic E-state index is 5.88. The third-order valence-electron chi connectivity index (χ3n) is 3.81. The van der Waals surface area contributed by atoms with E-state index in [1.54, 1.807) is 0 Å². The van der Waals surface area contributed by atoms with Crippen molar-refractivity contribution < 1.29 is 0 Å². The van der Waals surface area contributed by atoms with Crippen molar-refractivity contribution in [3.05, 3.63) is 42.1 Å². The second-order valence-corrected chi connectivity index (χ2v) is 5.62. The Bertz CT molecular complexity index is 541. The second-order valence-electron chi connectivity index (χ2n) is 5.24. The maximum atomic E-state index is 5.88. The molecule has 2 rings (SSSR count). The van der Waals surface area contributed by atoms with Crippen LogP contribution in [0.2, 0.25) is 0 Å². The molecule has 1 atom stereocenters. The summed E-state index contributed by atoms with van der Waals surface area (Å²) in [4.78, 5) is 4.34. The summed E-state index contributed by atoms with van der Waals surface area (Å²) < 4.78 is 0. The molecule has 0 amide bonds. The van der Waals surface area contributed by atoms with Crippen LogP contribution in [0.15, 0.2) is 36.5 Å². The molecule has 0 fully saturated rings. The predicted molar refractivity (Wildman–Crippen MR) is 82.6 cm³/mol. The molecule has 2 nitrogen and oxygen atoms in total. The van der Waals surface area contributed by atoms with E-state index in [9.17, 15) is 0 Å². The molecule has 0 bridgehead atoms. The zero-order valence-electron chi connectivity index (χ0n) is 11.6. The van der Waals surface area contributed by atoms with E-state index in [0.29, 0.717) is 5.88 Å². The number of benzene rings is 1. The molecule has 1 aromatic heterocycles. The van der Waals surface area contributed by atoms with Gasteiger partial charge in [-0.3, -0.25) is 4.98 Å². The zero-order chi connectivity index (χ0) is 13.7. The molecule has 19 heavy (non-hydrogen) atoms. The van der Waals surface area contributed by atoms with Gasteiger partial charge in [0.1, 0.15) is 0 Å². The highest BCUT2D eigenvalue weighted by Crippen LogP contribution is 2.18.